The van der Waals surface area contributed by atoms with Crippen molar-refractivity contribution in [2.45, 2.75) is 13.8 Å². The molecule has 0 atom stereocenters. The first kappa shape index (κ1) is 12.8. The van der Waals surface area contributed by atoms with Crippen LogP contribution in [0.2, 0.25) is 0 Å². The molecule has 0 radical (unpaired) electrons. The molecule has 1 aromatic carbocycles. The van der Waals surface area contributed by atoms with Crippen LogP contribution in [0.1, 0.15) is 11.3 Å². The summed E-state index contributed by atoms with van der Waals surface area (Å²) >= 11 is 1.59. The van der Waals surface area contributed by atoms with E-state index in [9.17, 15) is 0 Å². The van der Waals surface area contributed by atoms with Crippen LogP contribution in [-0.2, 0) is 0 Å². The van der Waals surface area contributed by atoms with Crippen LogP contribution in [0, 0.1) is 13.8 Å². The third-order valence-corrected chi connectivity index (χ3v) is 3.73. The minimum atomic E-state index is 0.829. The molecule has 20 heavy (non-hydrogen) atoms. The molecular formula is C16H15N3S. The van der Waals surface area contributed by atoms with Crippen molar-refractivity contribution in [1.29, 1.82) is 0 Å². The number of nitrogens with zero attached hydrogens (tertiary/aromatic N) is 2. The number of nitrogens with one attached hydrogen (secondary N) is 1. The highest BCUT2D eigenvalue weighted by molar-refractivity contribution is 7.14. The Bertz CT molecular complexity index is 717. The van der Waals surface area contributed by atoms with Gasteiger partial charge in [-0.2, -0.15) is 0 Å². The number of thiazole rings is 1. The molecule has 0 fully saturated rings. The van der Waals surface area contributed by atoms with Crippen LogP contribution in [0.4, 0.5) is 10.9 Å². The van der Waals surface area contributed by atoms with Crippen molar-refractivity contribution >= 4 is 22.3 Å². The maximum absolute atomic E-state index is 4.60. The Kier molecular flexibility index (Phi) is 3.48. The Morgan fingerprint density at radius 3 is 2.50 bits per heavy atom. The second kappa shape index (κ2) is 5.43. The zero-order chi connectivity index (χ0) is 13.9. The van der Waals surface area contributed by atoms with Gasteiger partial charge in [-0.15, -0.1) is 11.3 Å². The van der Waals surface area contributed by atoms with Gasteiger partial charge in [-0.05, 0) is 26.0 Å². The normalized spacial score (nSPS) is 10.5. The number of anilines is 2. The monoisotopic (exact) mass is 281 g/mol. The van der Waals surface area contributed by atoms with Gasteiger partial charge in [-0.25, -0.2) is 9.97 Å². The van der Waals surface area contributed by atoms with Gasteiger partial charge in [0.25, 0.3) is 0 Å². The Balaban J connectivity index is 1.82. The maximum atomic E-state index is 4.60. The molecule has 3 nitrogen and oxygen atoms in total. The Hall–Kier alpha value is -2.20. The SMILES string of the molecule is Cc1ccc(-c2csc(Nc3cccc(C)n3)n2)cc1. The van der Waals surface area contributed by atoms with Gasteiger partial charge in [0.15, 0.2) is 5.13 Å². The van der Waals surface area contributed by atoms with E-state index < -0.39 is 0 Å². The lowest BCUT2D eigenvalue weighted by atomic mass is 10.1. The van der Waals surface area contributed by atoms with E-state index in [1.54, 1.807) is 11.3 Å². The molecule has 1 N–H and O–H groups in total. The summed E-state index contributed by atoms with van der Waals surface area (Å²) in [7, 11) is 0. The molecule has 3 rings (SSSR count). The molecule has 4 heteroatoms. The second-order valence-corrected chi connectivity index (χ2v) is 5.55. The van der Waals surface area contributed by atoms with E-state index in [-0.39, 0.29) is 0 Å². The maximum Gasteiger partial charge on any atom is 0.188 e. The first-order valence-electron chi connectivity index (χ1n) is 6.44. The lowest BCUT2D eigenvalue weighted by Gasteiger charge is -2.02. The van der Waals surface area contributed by atoms with E-state index in [4.69, 9.17) is 0 Å². The summed E-state index contributed by atoms with van der Waals surface area (Å²) in [4.78, 5) is 9.02. The number of pyridine rings is 1. The molecule has 0 saturated carbocycles. The summed E-state index contributed by atoms with van der Waals surface area (Å²) in [6, 6.07) is 14.3. The standard InChI is InChI=1S/C16H15N3S/c1-11-6-8-13(9-7-11)14-10-20-16(18-14)19-15-5-3-4-12(2)17-15/h3-10H,1-2H3,(H,17,18,19). The van der Waals surface area contributed by atoms with Crippen LogP contribution in [-0.4, -0.2) is 9.97 Å². The van der Waals surface area contributed by atoms with Crippen molar-refractivity contribution in [3.63, 3.8) is 0 Å². The summed E-state index contributed by atoms with van der Waals surface area (Å²) in [5.41, 5.74) is 4.37. The third kappa shape index (κ3) is 2.86. The smallest absolute Gasteiger partial charge is 0.188 e. The summed E-state index contributed by atoms with van der Waals surface area (Å²) in [6.07, 6.45) is 0. The molecular weight excluding hydrogens is 266 g/mol. The van der Waals surface area contributed by atoms with Crippen molar-refractivity contribution in [1.82, 2.24) is 9.97 Å². The third-order valence-electron chi connectivity index (χ3n) is 2.97. The van der Waals surface area contributed by atoms with Crippen molar-refractivity contribution in [3.8, 4) is 11.3 Å². The zero-order valence-corrected chi connectivity index (χ0v) is 12.2. The molecule has 3 aromatic rings. The first-order valence-corrected chi connectivity index (χ1v) is 7.32. The number of aryl methyl sites for hydroxylation is 2. The van der Waals surface area contributed by atoms with Gasteiger partial charge in [-0.1, -0.05) is 35.9 Å². The summed E-state index contributed by atoms with van der Waals surface area (Å²) in [5, 5.41) is 6.16. The van der Waals surface area contributed by atoms with E-state index in [1.165, 1.54) is 5.56 Å². The molecule has 0 aliphatic heterocycles. The predicted octanol–water partition coefficient (Wildman–Crippen LogP) is 4.57. The molecule has 0 bridgehead atoms. The summed E-state index contributed by atoms with van der Waals surface area (Å²) in [6.45, 7) is 4.06. The predicted molar refractivity (Wildman–Crippen MR) is 84.5 cm³/mol. The van der Waals surface area contributed by atoms with Crippen LogP contribution in [0.15, 0.2) is 47.8 Å². The van der Waals surface area contributed by atoms with Gasteiger partial charge < -0.3 is 5.32 Å². The molecule has 0 aliphatic rings. The number of rotatable bonds is 3. The highest BCUT2D eigenvalue weighted by Gasteiger charge is 2.05. The van der Waals surface area contributed by atoms with Crippen molar-refractivity contribution in [2.24, 2.45) is 0 Å². The molecule has 0 spiro atoms. The summed E-state index contributed by atoms with van der Waals surface area (Å²) < 4.78 is 0. The van der Waals surface area contributed by atoms with E-state index >= 15 is 0 Å². The fourth-order valence-corrected chi connectivity index (χ4v) is 2.64. The van der Waals surface area contributed by atoms with Crippen LogP contribution < -0.4 is 5.32 Å². The largest absolute Gasteiger partial charge is 0.316 e. The fourth-order valence-electron chi connectivity index (χ4n) is 1.91. The quantitative estimate of drug-likeness (QED) is 0.764. The first-order chi connectivity index (χ1) is 9.70. The van der Waals surface area contributed by atoms with E-state index in [0.29, 0.717) is 0 Å². The number of hydrogen-bond donors (Lipinski definition) is 1. The van der Waals surface area contributed by atoms with Crippen molar-refractivity contribution < 1.29 is 0 Å². The van der Waals surface area contributed by atoms with Gasteiger partial charge >= 0.3 is 0 Å². The summed E-state index contributed by atoms with van der Waals surface area (Å²) in [5.74, 6) is 0.829. The van der Waals surface area contributed by atoms with E-state index in [2.05, 4.69) is 51.9 Å². The average molecular weight is 281 g/mol. The lowest BCUT2D eigenvalue weighted by molar-refractivity contribution is 1.19. The lowest BCUT2D eigenvalue weighted by Crippen LogP contribution is -1.93. The van der Waals surface area contributed by atoms with Crippen LogP contribution in [0.3, 0.4) is 0 Å². The molecule has 0 aliphatic carbocycles. The van der Waals surface area contributed by atoms with Gasteiger partial charge in [0.2, 0.25) is 0 Å². The fraction of sp³-hybridized carbons (Fsp3) is 0.125. The Morgan fingerprint density at radius 1 is 0.950 bits per heavy atom. The van der Waals surface area contributed by atoms with Crippen molar-refractivity contribution in [2.75, 3.05) is 5.32 Å². The van der Waals surface area contributed by atoms with Crippen LogP contribution in [0.5, 0.6) is 0 Å². The van der Waals surface area contributed by atoms with E-state index in [1.807, 2.05) is 25.1 Å². The van der Waals surface area contributed by atoms with E-state index in [0.717, 1.165) is 27.9 Å². The van der Waals surface area contributed by atoms with Crippen molar-refractivity contribution in [3.05, 3.63) is 59.1 Å². The minimum Gasteiger partial charge on any atom is -0.316 e. The second-order valence-electron chi connectivity index (χ2n) is 4.69. The molecule has 0 amide bonds. The van der Waals surface area contributed by atoms with Gasteiger partial charge in [0.05, 0.1) is 5.69 Å². The Labute approximate surface area is 122 Å². The van der Waals surface area contributed by atoms with Gasteiger partial charge in [0.1, 0.15) is 5.82 Å². The molecule has 0 unspecified atom stereocenters. The molecule has 2 heterocycles. The van der Waals surface area contributed by atoms with Gasteiger partial charge in [0, 0.05) is 16.6 Å². The number of benzene rings is 1. The highest BCUT2D eigenvalue weighted by atomic mass is 32.1. The van der Waals surface area contributed by atoms with Crippen LogP contribution >= 0.6 is 11.3 Å². The minimum absolute atomic E-state index is 0.829. The Morgan fingerprint density at radius 2 is 1.75 bits per heavy atom. The molecule has 100 valence electrons. The number of hydrogen-bond acceptors (Lipinski definition) is 4. The highest BCUT2D eigenvalue weighted by Crippen LogP contribution is 2.26. The van der Waals surface area contributed by atoms with Crippen LogP contribution in [0.25, 0.3) is 11.3 Å². The number of aromatic nitrogens is 2. The molecule has 0 saturated heterocycles. The average Bonchev–Trinajstić information content (AvgIpc) is 2.88. The topological polar surface area (TPSA) is 37.8 Å². The zero-order valence-electron chi connectivity index (χ0n) is 11.4. The van der Waals surface area contributed by atoms with Gasteiger partial charge in [-0.3, -0.25) is 0 Å². The molecule has 2 aromatic heterocycles.